The summed E-state index contributed by atoms with van der Waals surface area (Å²) in [6.07, 6.45) is 5.20. The smallest absolute Gasteiger partial charge is 0.253 e. The Bertz CT molecular complexity index is 1250. The Labute approximate surface area is 225 Å². The molecule has 0 unspecified atom stereocenters. The van der Waals surface area contributed by atoms with Gasteiger partial charge in [-0.15, -0.1) is 0 Å². The first-order valence-corrected chi connectivity index (χ1v) is 13.8. The van der Waals surface area contributed by atoms with Crippen LogP contribution in [0.25, 0.3) is 10.9 Å². The standard InChI is InChI=1S/C26H30Cl2N4O3S/c1-36-29-18-34-19-32-24-17-21(9-7-20(24)8-10-25(32)33)35-16-3-2-11-30-12-14-31(15-13-30)23-6-4-5-22(27)26(23)28/h4-10,17-18H,2-3,11-16,19H2,1H3. The lowest BCUT2D eigenvalue weighted by Gasteiger charge is -2.36. The third kappa shape index (κ3) is 6.88. The number of aromatic nitrogens is 1. The first kappa shape index (κ1) is 26.7. The number of rotatable bonds is 11. The fourth-order valence-electron chi connectivity index (χ4n) is 4.25. The van der Waals surface area contributed by atoms with Crippen LogP contribution < -0.4 is 15.2 Å². The molecule has 1 fully saturated rings. The topological polar surface area (TPSA) is 59.3 Å². The van der Waals surface area contributed by atoms with E-state index in [0.717, 1.165) is 67.9 Å². The summed E-state index contributed by atoms with van der Waals surface area (Å²) in [5.41, 5.74) is 1.66. The minimum atomic E-state index is -0.130. The van der Waals surface area contributed by atoms with Crippen LogP contribution in [0.3, 0.4) is 0 Å². The Balaban J connectivity index is 1.23. The van der Waals surface area contributed by atoms with Gasteiger partial charge in [-0.25, -0.2) is 0 Å². The quantitative estimate of drug-likeness (QED) is 0.135. The number of hydrogen-bond acceptors (Lipinski definition) is 7. The van der Waals surface area contributed by atoms with Gasteiger partial charge in [0.2, 0.25) is 0 Å². The molecular formula is C26H30Cl2N4O3S. The molecule has 0 aliphatic carbocycles. The molecule has 1 saturated heterocycles. The highest BCUT2D eigenvalue weighted by Gasteiger charge is 2.19. The molecule has 0 N–H and O–H groups in total. The second kappa shape index (κ2) is 13.2. The number of fused-ring (bicyclic) bond motifs is 1. The van der Waals surface area contributed by atoms with Crippen molar-refractivity contribution >= 4 is 58.1 Å². The van der Waals surface area contributed by atoms with Crippen LogP contribution in [0.1, 0.15) is 12.8 Å². The van der Waals surface area contributed by atoms with E-state index in [1.807, 2.05) is 48.7 Å². The minimum Gasteiger partial charge on any atom is -0.494 e. The lowest BCUT2D eigenvalue weighted by Crippen LogP contribution is -2.46. The number of halogens is 2. The highest BCUT2D eigenvalue weighted by atomic mass is 35.5. The maximum atomic E-state index is 12.4. The van der Waals surface area contributed by atoms with Crippen LogP contribution in [0.5, 0.6) is 5.75 Å². The third-order valence-corrected chi connectivity index (χ3v) is 7.28. The van der Waals surface area contributed by atoms with E-state index >= 15 is 0 Å². The van der Waals surface area contributed by atoms with Gasteiger partial charge in [-0.1, -0.05) is 29.3 Å². The zero-order chi connectivity index (χ0) is 25.3. The van der Waals surface area contributed by atoms with Gasteiger partial charge in [0.05, 0.1) is 27.9 Å². The summed E-state index contributed by atoms with van der Waals surface area (Å²) in [6, 6.07) is 14.9. The molecule has 7 nitrogen and oxygen atoms in total. The Kier molecular flexibility index (Phi) is 9.81. The molecule has 0 bridgehead atoms. The second-order valence-electron chi connectivity index (χ2n) is 8.47. The molecular weight excluding hydrogens is 519 g/mol. The summed E-state index contributed by atoms with van der Waals surface area (Å²) in [5.74, 6) is 0.742. The van der Waals surface area contributed by atoms with Gasteiger partial charge < -0.3 is 14.4 Å². The molecule has 0 atom stereocenters. The highest BCUT2D eigenvalue weighted by Crippen LogP contribution is 2.32. The lowest BCUT2D eigenvalue weighted by atomic mass is 10.2. The van der Waals surface area contributed by atoms with Gasteiger partial charge in [0.15, 0.2) is 13.1 Å². The molecule has 36 heavy (non-hydrogen) atoms. The van der Waals surface area contributed by atoms with Crippen molar-refractivity contribution in [2.45, 2.75) is 19.6 Å². The van der Waals surface area contributed by atoms with Crippen molar-refractivity contribution < 1.29 is 9.47 Å². The molecule has 1 aliphatic rings. The molecule has 3 aromatic rings. The largest absolute Gasteiger partial charge is 0.494 e. The van der Waals surface area contributed by atoms with Crippen LogP contribution in [0, 0.1) is 0 Å². The number of pyridine rings is 1. The summed E-state index contributed by atoms with van der Waals surface area (Å²) in [4.78, 5) is 17.1. The Morgan fingerprint density at radius 2 is 1.86 bits per heavy atom. The normalized spacial score (nSPS) is 14.6. The van der Waals surface area contributed by atoms with Crippen LogP contribution in [0.4, 0.5) is 5.69 Å². The zero-order valence-electron chi connectivity index (χ0n) is 20.2. The predicted octanol–water partition coefficient (Wildman–Crippen LogP) is 5.57. The summed E-state index contributed by atoms with van der Waals surface area (Å²) in [5, 5.41) is 2.18. The van der Waals surface area contributed by atoms with Crippen LogP contribution in [0.2, 0.25) is 10.0 Å². The number of hydrogen-bond donors (Lipinski definition) is 0. The van der Waals surface area contributed by atoms with E-state index in [4.69, 9.17) is 32.7 Å². The van der Waals surface area contributed by atoms with Crippen molar-refractivity contribution in [3.8, 4) is 5.75 Å². The number of benzene rings is 2. The van der Waals surface area contributed by atoms with E-state index in [1.165, 1.54) is 18.3 Å². The Morgan fingerprint density at radius 1 is 1.06 bits per heavy atom. The first-order chi connectivity index (χ1) is 17.6. The Hall–Kier alpha value is -2.39. The average molecular weight is 550 g/mol. The van der Waals surface area contributed by atoms with Crippen LogP contribution in [-0.4, -0.2) is 61.5 Å². The monoisotopic (exact) mass is 548 g/mol. The SMILES string of the molecule is CSN=COCn1c(=O)ccc2ccc(OCCCCN3CCN(c4cccc(Cl)c4Cl)CC3)cc21. The number of nitrogens with zero attached hydrogens (tertiary/aromatic N) is 4. The van der Waals surface area contributed by atoms with Gasteiger partial charge >= 0.3 is 0 Å². The third-order valence-electron chi connectivity index (χ3n) is 6.17. The van der Waals surface area contributed by atoms with Crippen LogP contribution >= 0.6 is 35.1 Å². The van der Waals surface area contributed by atoms with E-state index < -0.39 is 0 Å². The average Bonchev–Trinajstić information content (AvgIpc) is 2.89. The molecule has 0 spiro atoms. The zero-order valence-corrected chi connectivity index (χ0v) is 22.6. The maximum absolute atomic E-state index is 12.4. The molecule has 4 rings (SSSR count). The molecule has 0 radical (unpaired) electrons. The molecule has 1 aromatic heterocycles. The summed E-state index contributed by atoms with van der Waals surface area (Å²) < 4.78 is 16.9. The van der Waals surface area contributed by atoms with Crippen LogP contribution in [0.15, 0.2) is 57.7 Å². The summed E-state index contributed by atoms with van der Waals surface area (Å²) in [7, 11) is 0. The van der Waals surface area contributed by atoms with Crippen molar-refractivity contribution in [1.82, 2.24) is 9.47 Å². The van der Waals surface area contributed by atoms with Gasteiger partial charge in [-0.2, -0.15) is 4.40 Å². The van der Waals surface area contributed by atoms with Crippen molar-refractivity contribution in [2.24, 2.45) is 4.40 Å². The van der Waals surface area contributed by atoms with Crippen molar-refractivity contribution in [3.63, 3.8) is 0 Å². The van der Waals surface area contributed by atoms with Crippen molar-refractivity contribution in [2.75, 3.05) is 50.5 Å². The molecule has 2 aromatic carbocycles. The van der Waals surface area contributed by atoms with E-state index in [1.54, 1.807) is 10.6 Å². The second-order valence-corrected chi connectivity index (χ2v) is 9.83. The lowest BCUT2D eigenvalue weighted by molar-refractivity contribution is 0.236. The summed E-state index contributed by atoms with van der Waals surface area (Å²) in [6.45, 7) is 5.61. The molecule has 10 heteroatoms. The van der Waals surface area contributed by atoms with Crippen molar-refractivity contribution in [3.05, 3.63) is 68.9 Å². The van der Waals surface area contributed by atoms with Gasteiger partial charge in [-0.3, -0.25) is 14.3 Å². The highest BCUT2D eigenvalue weighted by molar-refractivity contribution is 7.97. The molecule has 2 heterocycles. The molecule has 0 amide bonds. The number of unbranched alkanes of at least 4 members (excludes halogenated alkanes) is 1. The van der Waals surface area contributed by atoms with Crippen molar-refractivity contribution in [1.29, 1.82) is 0 Å². The van der Waals surface area contributed by atoms with Gasteiger partial charge in [0.1, 0.15) is 5.75 Å². The molecule has 0 saturated carbocycles. The fraction of sp³-hybridized carbons (Fsp3) is 0.385. The number of ether oxygens (including phenoxy) is 2. The van der Waals surface area contributed by atoms with E-state index in [0.29, 0.717) is 16.7 Å². The van der Waals surface area contributed by atoms with E-state index in [9.17, 15) is 4.79 Å². The first-order valence-electron chi connectivity index (χ1n) is 11.9. The summed E-state index contributed by atoms with van der Waals surface area (Å²) >= 11 is 13.8. The molecule has 1 aliphatic heterocycles. The predicted molar refractivity (Wildman–Crippen MR) is 151 cm³/mol. The minimum absolute atomic E-state index is 0.0977. The number of anilines is 1. The van der Waals surface area contributed by atoms with Gasteiger partial charge in [-0.05, 0) is 67.1 Å². The van der Waals surface area contributed by atoms with E-state index in [2.05, 4.69) is 14.2 Å². The van der Waals surface area contributed by atoms with Gasteiger partial charge in [0.25, 0.3) is 5.56 Å². The Morgan fingerprint density at radius 3 is 2.67 bits per heavy atom. The molecule has 192 valence electrons. The van der Waals surface area contributed by atoms with Crippen LogP contribution in [-0.2, 0) is 11.5 Å². The number of piperazine rings is 1. The van der Waals surface area contributed by atoms with E-state index in [-0.39, 0.29) is 12.3 Å². The van der Waals surface area contributed by atoms with Gasteiger partial charge in [0, 0.05) is 44.6 Å². The maximum Gasteiger partial charge on any atom is 0.253 e. The fourth-order valence-corrected chi connectivity index (χ4v) is 4.81.